The fraction of sp³-hybridized carbons (Fsp3) is 0.500. The maximum Gasteiger partial charge on any atom is 0.410 e. The van der Waals surface area contributed by atoms with Crippen molar-refractivity contribution < 1.29 is 28.6 Å². The maximum absolute atomic E-state index is 12.1. The van der Waals surface area contributed by atoms with Crippen molar-refractivity contribution in [3.63, 3.8) is 0 Å². The van der Waals surface area contributed by atoms with Gasteiger partial charge in [-0.3, -0.25) is 0 Å². The summed E-state index contributed by atoms with van der Waals surface area (Å²) in [6.07, 6.45) is 0.953. The third-order valence-electron chi connectivity index (χ3n) is 4.01. The molecule has 0 N–H and O–H groups in total. The zero-order chi connectivity index (χ0) is 18.2. The van der Waals surface area contributed by atoms with Crippen molar-refractivity contribution in [2.45, 2.75) is 45.3 Å². The number of carbonyl (C=O) groups is 3. The van der Waals surface area contributed by atoms with E-state index in [9.17, 15) is 14.4 Å². The summed E-state index contributed by atoms with van der Waals surface area (Å²) in [7, 11) is 0. The first-order valence-electron chi connectivity index (χ1n) is 8.28. The fourth-order valence-electron chi connectivity index (χ4n) is 2.81. The Morgan fingerprint density at radius 1 is 1.12 bits per heavy atom. The van der Waals surface area contributed by atoms with E-state index in [1.54, 1.807) is 11.0 Å². The Labute approximate surface area is 145 Å². The number of amides is 1. The number of nitrogens with zero attached hydrogens (tertiary/aromatic N) is 1. The first-order chi connectivity index (χ1) is 11.7. The maximum atomic E-state index is 12.1. The molecular weight excluding hydrogens is 326 g/mol. The van der Waals surface area contributed by atoms with E-state index in [0.717, 1.165) is 0 Å². The van der Waals surface area contributed by atoms with Gasteiger partial charge in [-0.1, -0.05) is 0 Å². The lowest BCUT2D eigenvalue weighted by molar-refractivity contribution is 0.0125. The molecule has 0 unspecified atom stereocenters. The van der Waals surface area contributed by atoms with Crippen LogP contribution in [0.4, 0.5) is 4.79 Å². The van der Waals surface area contributed by atoms with Gasteiger partial charge in [-0.2, -0.15) is 0 Å². The minimum atomic E-state index is -0.648. The highest BCUT2D eigenvalue weighted by atomic mass is 16.6. The van der Waals surface area contributed by atoms with Gasteiger partial charge in [0.2, 0.25) is 0 Å². The van der Waals surface area contributed by atoms with Crippen LogP contribution in [0.25, 0.3) is 0 Å². The van der Waals surface area contributed by atoms with Crippen molar-refractivity contribution in [1.29, 1.82) is 0 Å². The largest absolute Gasteiger partial charge is 0.490 e. The predicted octanol–water partition coefficient (Wildman–Crippen LogP) is 2.78. The molecule has 1 fully saturated rings. The molecule has 25 heavy (non-hydrogen) atoms. The monoisotopic (exact) mass is 347 g/mol. The van der Waals surface area contributed by atoms with Gasteiger partial charge in [-0.25, -0.2) is 14.4 Å². The number of carbonyl (C=O) groups excluding carboxylic acids is 3. The summed E-state index contributed by atoms with van der Waals surface area (Å²) in [4.78, 5) is 36.8. The average molecular weight is 347 g/mol. The number of benzene rings is 1. The SMILES string of the molecule is CC(C)(C)OC(=O)N1CCC(Oc2ccc3c(c2)C(=O)OC3=O)CC1. The standard InChI is InChI=1S/C18H21NO6/c1-18(2,3)25-17(22)19-8-6-11(7-9-19)23-12-4-5-13-14(10-12)16(21)24-15(13)20/h4-5,10-11H,6-9H2,1-3H3. The van der Waals surface area contributed by atoms with Crippen LogP contribution >= 0.6 is 0 Å². The van der Waals surface area contributed by atoms with Crippen LogP contribution in [0.2, 0.25) is 0 Å². The van der Waals surface area contributed by atoms with Crippen molar-refractivity contribution in [1.82, 2.24) is 4.90 Å². The van der Waals surface area contributed by atoms with Gasteiger partial charge in [0.15, 0.2) is 0 Å². The molecule has 1 amide bonds. The van der Waals surface area contributed by atoms with Gasteiger partial charge in [0.25, 0.3) is 0 Å². The molecule has 0 atom stereocenters. The number of cyclic esters (lactones) is 2. The Bertz CT molecular complexity index is 713. The molecule has 0 aliphatic carbocycles. The molecule has 134 valence electrons. The molecule has 0 aromatic heterocycles. The van der Waals surface area contributed by atoms with Crippen LogP contribution < -0.4 is 4.74 Å². The van der Waals surface area contributed by atoms with Gasteiger partial charge in [0.05, 0.1) is 11.1 Å². The lowest BCUT2D eigenvalue weighted by Crippen LogP contribution is -2.44. The fourth-order valence-corrected chi connectivity index (χ4v) is 2.81. The third-order valence-corrected chi connectivity index (χ3v) is 4.01. The van der Waals surface area contributed by atoms with Gasteiger partial charge in [-0.15, -0.1) is 0 Å². The van der Waals surface area contributed by atoms with Crippen LogP contribution in [0.5, 0.6) is 5.75 Å². The second-order valence-corrected chi connectivity index (χ2v) is 7.17. The predicted molar refractivity (Wildman–Crippen MR) is 87.6 cm³/mol. The zero-order valence-electron chi connectivity index (χ0n) is 14.5. The van der Waals surface area contributed by atoms with Crippen molar-refractivity contribution in [3.8, 4) is 5.75 Å². The number of rotatable bonds is 2. The minimum absolute atomic E-state index is 0.0649. The van der Waals surface area contributed by atoms with E-state index in [1.165, 1.54) is 12.1 Å². The normalized spacial score (nSPS) is 18.0. The van der Waals surface area contributed by atoms with Gasteiger partial charge in [0.1, 0.15) is 17.5 Å². The molecule has 3 rings (SSSR count). The number of hydrogen-bond acceptors (Lipinski definition) is 6. The average Bonchev–Trinajstić information content (AvgIpc) is 2.81. The number of esters is 2. The summed E-state index contributed by atoms with van der Waals surface area (Å²) < 4.78 is 15.8. The lowest BCUT2D eigenvalue weighted by atomic mass is 10.1. The Hall–Kier alpha value is -2.57. The van der Waals surface area contributed by atoms with Crippen LogP contribution in [0.3, 0.4) is 0 Å². The Kier molecular flexibility index (Phi) is 4.41. The number of ether oxygens (including phenoxy) is 3. The third kappa shape index (κ3) is 3.92. The molecule has 7 nitrogen and oxygen atoms in total. The molecule has 2 aliphatic heterocycles. The highest BCUT2D eigenvalue weighted by Gasteiger charge is 2.31. The van der Waals surface area contributed by atoms with E-state index in [0.29, 0.717) is 31.7 Å². The lowest BCUT2D eigenvalue weighted by Gasteiger charge is -2.33. The van der Waals surface area contributed by atoms with E-state index in [-0.39, 0.29) is 23.3 Å². The van der Waals surface area contributed by atoms with Crippen LogP contribution in [0, 0.1) is 0 Å². The molecule has 1 saturated heterocycles. The Morgan fingerprint density at radius 3 is 2.40 bits per heavy atom. The summed E-state index contributed by atoms with van der Waals surface area (Å²) >= 11 is 0. The van der Waals surface area contributed by atoms with E-state index < -0.39 is 17.5 Å². The van der Waals surface area contributed by atoms with Gasteiger partial charge in [-0.05, 0) is 39.0 Å². The number of hydrogen-bond donors (Lipinski definition) is 0. The molecule has 2 heterocycles. The highest BCUT2D eigenvalue weighted by molar-refractivity contribution is 6.14. The summed E-state index contributed by atoms with van der Waals surface area (Å²) in [5.74, 6) is -0.761. The summed E-state index contributed by atoms with van der Waals surface area (Å²) in [5, 5.41) is 0. The van der Waals surface area contributed by atoms with Crippen molar-refractivity contribution in [3.05, 3.63) is 29.3 Å². The zero-order valence-corrected chi connectivity index (χ0v) is 14.5. The van der Waals surface area contributed by atoms with E-state index in [4.69, 9.17) is 9.47 Å². The quantitative estimate of drug-likeness (QED) is 0.604. The number of piperidine rings is 1. The molecular formula is C18H21NO6. The topological polar surface area (TPSA) is 82.1 Å². The first kappa shape index (κ1) is 17.3. The second kappa shape index (κ2) is 6.38. The molecule has 1 aromatic rings. The van der Waals surface area contributed by atoms with Crippen LogP contribution in [0.1, 0.15) is 54.3 Å². The molecule has 7 heteroatoms. The molecule has 2 aliphatic rings. The van der Waals surface area contributed by atoms with E-state index >= 15 is 0 Å². The number of likely N-dealkylation sites (tertiary alicyclic amines) is 1. The molecule has 0 saturated carbocycles. The van der Waals surface area contributed by atoms with Crippen molar-refractivity contribution >= 4 is 18.0 Å². The smallest absolute Gasteiger partial charge is 0.410 e. The van der Waals surface area contributed by atoms with Gasteiger partial charge < -0.3 is 19.1 Å². The highest BCUT2D eigenvalue weighted by Crippen LogP contribution is 2.27. The van der Waals surface area contributed by atoms with E-state index in [1.807, 2.05) is 20.8 Å². The minimum Gasteiger partial charge on any atom is -0.490 e. The van der Waals surface area contributed by atoms with E-state index in [2.05, 4.69) is 4.74 Å². The Morgan fingerprint density at radius 2 is 1.76 bits per heavy atom. The molecule has 1 aromatic carbocycles. The van der Waals surface area contributed by atoms with Crippen LogP contribution in [-0.2, 0) is 9.47 Å². The number of fused-ring (bicyclic) bond motifs is 1. The molecule has 0 spiro atoms. The van der Waals surface area contributed by atoms with Crippen LogP contribution in [-0.4, -0.2) is 47.7 Å². The summed E-state index contributed by atoms with van der Waals surface area (Å²) in [6, 6.07) is 4.72. The summed E-state index contributed by atoms with van der Waals surface area (Å²) in [6.45, 7) is 6.61. The van der Waals surface area contributed by atoms with Gasteiger partial charge >= 0.3 is 18.0 Å². The first-order valence-corrected chi connectivity index (χ1v) is 8.28. The summed E-state index contributed by atoms with van der Waals surface area (Å²) in [5.41, 5.74) is -0.0215. The van der Waals surface area contributed by atoms with Crippen LogP contribution in [0.15, 0.2) is 18.2 Å². The Balaban J connectivity index is 1.56. The molecule has 0 bridgehead atoms. The van der Waals surface area contributed by atoms with Crippen molar-refractivity contribution in [2.24, 2.45) is 0 Å². The molecule has 0 radical (unpaired) electrons. The van der Waals surface area contributed by atoms with Gasteiger partial charge in [0, 0.05) is 25.9 Å². The second-order valence-electron chi connectivity index (χ2n) is 7.17. The van der Waals surface area contributed by atoms with Crippen molar-refractivity contribution in [2.75, 3.05) is 13.1 Å².